The molecule has 3 aromatic rings. The molecule has 0 bridgehead atoms. The van der Waals surface area contributed by atoms with E-state index < -0.39 is 11.9 Å². The molecule has 0 fully saturated rings. The number of ether oxygens (including phenoxy) is 2. The number of hydrogen-bond donors (Lipinski definition) is 1. The van der Waals surface area contributed by atoms with Crippen LogP contribution in [0.5, 0.6) is 11.5 Å². The summed E-state index contributed by atoms with van der Waals surface area (Å²) in [6.07, 6.45) is -0.740. The normalized spacial score (nSPS) is 11.4. The summed E-state index contributed by atoms with van der Waals surface area (Å²) in [4.78, 5) is 24.7. The Morgan fingerprint density at radius 3 is 1.90 bits per heavy atom. The molecule has 1 atom stereocenters. The summed E-state index contributed by atoms with van der Waals surface area (Å²) in [5.41, 5.74) is 1.47. The summed E-state index contributed by atoms with van der Waals surface area (Å²) in [5.74, 6) is 0.233. The molecular weight excluding hydrogens is 373 g/mol. The van der Waals surface area contributed by atoms with Gasteiger partial charge in [-0.1, -0.05) is 0 Å². The van der Waals surface area contributed by atoms with E-state index in [0.29, 0.717) is 28.3 Å². The van der Waals surface area contributed by atoms with Crippen molar-refractivity contribution in [1.29, 1.82) is 0 Å². The van der Waals surface area contributed by atoms with E-state index in [2.05, 4.69) is 5.32 Å². The molecule has 0 saturated carbocycles. The SMILES string of the molecule is COc1ccc(NC(=O)C(C)Oc2ccc(C(=O)c3ccc(F)cc3)cc2)cc1. The number of methoxy groups -OCH3 is 1. The Labute approximate surface area is 168 Å². The van der Waals surface area contributed by atoms with Gasteiger partial charge >= 0.3 is 0 Å². The number of amides is 1. The largest absolute Gasteiger partial charge is 0.497 e. The summed E-state index contributed by atoms with van der Waals surface area (Å²) in [5, 5.41) is 2.76. The van der Waals surface area contributed by atoms with Crippen molar-refractivity contribution in [1.82, 2.24) is 0 Å². The van der Waals surface area contributed by atoms with Crippen LogP contribution in [-0.2, 0) is 4.79 Å². The van der Waals surface area contributed by atoms with Crippen molar-refractivity contribution < 1.29 is 23.5 Å². The molecule has 29 heavy (non-hydrogen) atoms. The fourth-order valence-corrected chi connectivity index (χ4v) is 2.63. The van der Waals surface area contributed by atoms with Crippen LogP contribution in [0.2, 0.25) is 0 Å². The predicted molar refractivity (Wildman–Crippen MR) is 108 cm³/mol. The monoisotopic (exact) mass is 393 g/mol. The number of rotatable bonds is 7. The highest BCUT2D eigenvalue weighted by molar-refractivity contribution is 6.09. The zero-order valence-electron chi connectivity index (χ0n) is 16.0. The third kappa shape index (κ3) is 5.19. The van der Waals surface area contributed by atoms with E-state index in [9.17, 15) is 14.0 Å². The first-order valence-corrected chi connectivity index (χ1v) is 8.98. The minimum Gasteiger partial charge on any atom is -0.497 e. The van der Waals surface area contributed by atoms with Crippen LogP contribution in [0.1, 0.15) is 22.8 Å². The number of hydrogen-bond acceptors (Lipinski definition) is 4. The maximum atomic E-state index is 13.0. The van der Waals surface area contributed by atoms with Crippen molar-refractivity contribution in [3.8, 4) is 11.5 Å². The molecule has 0 saturated heterocycles. The summed E-state index contributed by atoms with van der Waals surface area (Å²) in [7, 11) is 1.57. The minimum absolute atomic E-state index is 0.221. The van der Waals surface area contributed by atoms with E-state index >= 15 is 0 Å². The Balaban J connectivity index is 1.60. The maximum Gasteiger partial charge on any atom is 0.265 e. The minimum atomic E-state index is -0.740. The van der Waals surface area contributed by atoms with Crippen molar-refractivity contribution in [2.75, 3.05) is 12.4 Å². The van der Waals surface area contributed by atoms with Crippen LogP contribution >= 0.6 is 0 Å². The molecule has 0 aliphatic heterocycles. The van der Waals surface area contributed by atoms with Crippen LogP contribution in [0.15, 0.2) is 72.8 Å². The number of anilines is 1. The molecule has 5 nitrogen and oxygen atoms in total. The zero-order chi connectivity index (χ0) is 20.8. The third-order valence-corrected chi connectivity index (χ3v) is 4.26. The molecule has 0 aliphatic rings. The fraction of sp³-hybridized carbons (Fsp3) is 0.130. The smallest absolute Gasteiger partial charge is 0.265 e. The van der Waals surface area contributed by atoms with Crippen LogP contribution in [0, 0.1) is 5.82 Å². The summed E-state index contributed by atoms with van der Waals surface area (Å²) in [6.45, 7) is 1.64. The predicted octanol–water partition coefficient (Wildman–Crippen LogP) is 4.47. The second-order valence-corrected chi connectivity index (χ2v) is 6.34. The van der Waals surface area contributed by atoms with E-state index in [4.69, 9.17) is 9.47 Å². The van der Waals surface area contributed by atoms with Crippen LogP contribution in [0.4, 0.5) is 10.1 Å². The van der Waals surface area contributed by atoms with Gasteiger partial charge < -0.3 is 14.8 Å². The van der Waals surface area contributed by atoms with Gasteiger partial charge in [0.05, 0.1) is 7.11 Å². The lowest BCUT2D eigenvalue weighted by Gasteiger charge is -2.15. The Hall–Kier alpha value is -3.67. The van der Waals surface area contributed by atoms with Gasteiger partial charge in [0, 0.05) is 16.8 Å². The second kappa shape index (κ2) is 9.01. The molecule has 1 amide bonds. The third-order valence-electron chi connectivity index (χ3n) is 4.26. The maximum absolute atomic E-state index is 13.0. The Bertz CT molecular complexity index is 983. The standard InChI is InChI=1S/C23H20FNO4/c1-15(23(27)25-19-9-13-20(28-2)14-10-19)29-21-11-5-17(6-12-21)22(26)16-3-7-18(24)8-4-16/h3-15H,1-2H3,(H,25,27). The molecule has 0 aromatic heterocycles. The van der Waals surface area contributed by atoms with Crippen molar-refractivity contribution in [3.63, 3.8) is 0 Å². The van der Waals surface area contributed by atoms with Gasteiger partial charge in [0.25, 0.3) is 5.91 Å². The van der Waals surface area contributed by atoms with Gasteiger partial charge in [-0.05, 0) is 79.7 Å². The number of ketones is 1. The molecule has 1 unspecified atom stereocenters. The van der Waals surface area contributed by atoms with Gasteiger partial charge in [-0.3, -0.25) is 9.59 Å². The molecule has 148 valence electrons. The quantitative estimate of drug-likeness (QED) is 0.602. The molecule has 0 heterocycles. The van der Waals surface area contributed by atoms with E-state index in [-0.39, 0.29) is 11.7 Å². The van der Waals surface area contributed by atoms with Crippen molar-refractivity contribution in [2.45, 2.75) is 13.0 Å². The number of benzene rings is 3. The summed E-state index contributed by atoms with van der Waals surface area (Å²) < 4.78 is 23.7. The topological polar surface area (TPSA) is 64.6 Å². The van der Waals surface area contributed by atoms with Gasteiger partial charge in [0.2, 0.25) is 0 Å². The highest BCUT2D eigenvalue weighted by atomic mass is 19.1. The average molecular weight is 393 g/mol. The fourth-order valence-electron chi connectivity index (χ4n) is 2.63. The van der Waals surface area contributed by atoms with Gasteiger partial charge in [-0.2, -0.15) is 0 Å². The first kappa shape index (κ1) is 20.1. The van der Waals surface area contributed by atoms with Gasteiger partial charge in [0.1, 0.15) is 17.3 Å². The van der Waals surface area contributed by atoms with Crippen LogP contribution in [0.3, 0.4) is 0 Å². The lowest BCUT2D eigenvalue weighted by Crippen LogP contribution is -2.30. The van der Waals surface area contributed by atoms with Crippen molar-refractivity contribution >= 4 is 17.4 Å². The molecule has 6 heteroatoms. The molecule has 0 spiro atoms. The van der Waals surface area contributed by atoms with Gasteiger partial charge in [-0.25, -0.2) is 4.39 Å². The molecule has 0 aliphatic carbocycles. The van der Waals surface area contributed by atoms with Crippen molar-refractivity contribution in [2.24, 2.45) is 0 Å². The van der Waals surface area contributed by atoms with Gasteiger partial charge in [0.15, 0.2) is 11.9 Å². The Morgan fingerprint density at radius 1 is 0.828 bits per heavy atom. The van der Waals surface area contributed by atoms with Crippen LogP contribution in [-0.4, -0.2) is 24.9 Å². The lowest BCUT2D eigenvalue weighted by atomic mass is 10.0. The van der Waals surface area contributed by atoms with E-state index in [0.717, 1.165) is 0 Å². The number of nitrogens with one attached hydrogen (secondary N) is 1. The van der Waals surface area contributed by atoms with E-state index in [1.807, 2.05) is 0 Å². The zero-order valence-corrected chi connectivity index (χ0v) is 16.0. The number of carbonyl (C=O) groups is 2. The average Bonchev–Trinajstić information content (AvgIpc) is 2.75. The Kier molecular flexibility index (Phi) is 6.24. The van der Waals surface area contributed by atoms with E-state index in [1.54, 1.807) is 62.6 Å². The van der Waals surface area contributed by atoms with E-state index in [1.165, 1.54) is 24.3 Å². The first-order chi connectivity index (χ1) is 14.0. The molecule has 3 aromatic carbocycles. The number of halogens is 1. The molecule has 0 radical (unpaired) electrons. The molecule has 3 rings (SSSR count). The second-order valence-electron chi connectivity index (χ2n) is 6.34. The summed E-state index contributed by atoms with van der Waals surface area (Å²) >= 11 is 0. The Morgan fingerprint density at radius 2 is 1.34 bits per heavy atom. The van der Waals surface area contributed by atoms with Crippen LogP contribution < -0.4 is 14.8 Å². The molecule has 1 N–H and O–H groups in total. The summed E-state index contributed by atoms with van der Waals surface area (Å²) in [6, 6.07) is 18.8. The molecular formula is C23H20FNO4. The number of carbonyl (C=O) groups excluding carboxylic acids is 2. The lowest BCUT2D eigenvalue weighted by molar-refractivity contribution is -0.122. The highest BCUT2D eigenvalue weighted by Crippen LogP contribution is 2.19. The van der Waals surface area contributed by atoms with Crippen LogP contribution in [0.25, 0.3) is 0 Å². The highest BCUT2D eigenvalue weighted by Gasteiger charge is 2.16. The van der Waals surface area contributed by atoms with Crippen molar-refractivity contribution in [3.05, 3.63) is 89.7 Å². The first-order valence-electron chi connectivity index (χ1n) is 8.98. The van der Waals surface area contributed by atoms with Gasteiger partial charge in [-0.15, -0.1) is 0 Å².